The van der Waals surface area contributed by atoms with Gasteiger partial charge in [-0.2, -0.15) is 0 Å². The molecule has 0 radical (unpaired) electrons. The zero-order valence-corrected chi connectivity index (χ0v) is 35.7. The van der Waals surface area contributed by atoms with Crippen molar-refractivity contribution in [1.29, 1.82) is 0 Å². The number of H-pyrrole nitrogens is 1. The number of aromatic nitrogens is 3. The summed E-state index contributed by atoms with van der Waals surface area (Å²) in [6.07, 6.45) is 8.65. The van der Waals surface area contributed by atoms with Crippen molar-refractivity contribution in [3.8, 4) is 11.5 Å². The van der Waals surface area contributed by atoms with Crippen LogP contribution in [0.15, 0.2) is 79.3 Å². The van der Waals surface area contributed by atoms with Crippen LogP contribution in [0.25, 0.3) is 11.0 Å². The quantitative estimate of drug-likeness (QED) is 0.0661. The first-order chi connectivity index (χ1) is 30.7. The van der Waals surface area contributed by atoms with E-state index in [1.165, 1.54) is 6.33 Å². The highest BCUT2D eigenvalue weighted by Gasteiger charge is 2.39. The number of piperazine rings is 1. The largest absolute Gasteiger partial charge is 0.457 e. The van der Waals surface area contributed by atoms with Gasteiger partial charge in [0.05, 0.1) is 16.0 Å². The van der Waals surface area contributed by atoms with Gasteiger partial charge in [0.2, 0.25) is 17.7 Å². The van der Waals surface area contributed by atoms with Gasteiger partial charge in [-0.25, -0.2) is 9.97 Å². The lowest BCUT2D eigenvalue weighted by molar-refractivity contribution is -0.137. The van der Waals surface area contributed by atoms with E-state index in [2.05, 4.69) is 41.5 Å². The molecular weight excluding hydrogens is 822 g/mol. The van der Waals surface area contributed by atoms with E-state index < -0.39 is 11.9 Å². The van der Waals surface area contributed by atoms with Gasteiger partial charge in [0, 0.05) is 93.8 Å². The lowest BCUT2D eigenvalue weighted by atomic mass is 10.0. The minimum Gasteiger partial charge on any atom is -0.457 e. The van der Waals surface area contributed by atoms with E-state index >= 15 is 0 Å². The fourth-order valence-corrected chi connectivity index (χ4v) is 9.42. The van der Waals surface area contributed by atoms with Crippen molar-refractivity contribution in [3.63, 3.8) is 0 Å². The second-order valence-corrected chi connectivity index (χ2v) is 17.1. The Morgan fingerprint density at radius 2 is 1.65 bits per heavy atom. The van der Waals surface area contributed by atoms with Crippen LogP contribution in [-0.2, 0) is 20.9 Å². The maximum atomic E-state index is 13.8. The standard InChI is InChI=1S/C47H50ClN9O6/c48-38-26-34(63-33-7-3-1-4-8-33)11-13-36(38)43(60)37-27-49-44-42(37)45(51-29-50-44)52-31-16-19-56(20-17-31)41(59)9-5-2-6-18-54-21-23-55(24-22-54)32-10-12-35-30(25-32)28-57(47(35)62)39-14-15-40(58)53-46(39)61/h1,3-4,7-8,10-13,25-27,29,31,39H,2,5-6,9,14-24,28H2,(H,53,58,61)(H2,49,50,51,52). The van der Waals surface area contributed by atoms with Crippen molar-refractivity contribution in [1.82, 2.24) is 35.0 Å². The number of nitrogens with one attached hydrogen (secondary N) is 3. The number of fused-ring (bicyclic) bond motifs is 2. The Hall–Kier alpha value is -6.32. The van der Waals surface area contributed by atoms with Crippen molar-refractivity contribution < 1.29 is 28.7 Å². The molecule has 3 fully saturated rings. The van der Waals surface area contributed by atoms with Gasteiger partial charge in [-0.3, -0.25) is 34.2 Å². The summed E-state index contributed by atoms with van der Waals surface area (Å²) < 4.78 is 5.89. The van der Waals surface area contributed by atoms with Crippen LogP contribution in [0.4, 0.5) is 11.5 Å². The highest BCUT2D eigenvalue weighted by Crippen LogP contribution is 2.33. The number of carbonyl (C=O) groups excluding carboxylic acids is 5. The third-order valence-electron chi connectivity index (χ3n) is 12.7. The van der Waals surface area contributed by atoms with E-state index in [9.17, 15) is 24.0 Å². The molecule has 3 aromatic carbocycles. The smallest absolute Gasteiger partial charge is 0.255 e. The predicted molar refractivity (Wildman–Crippen MR) is 238 cm³/mol. The highest BCUT2D eigenvalue weighted by atomic mass is 35.5. The lowest BCUT2D eigenvalue weighted by Crippen LogP contribution is -2.52. The molecule has 15 nitrogen and oxygen atoms in total. The number of rotatable bonds is 14. The van der Waals surface area contributed by atoms with Crippen LogP contribution in [0, 0.1) is 0 Å². The summed E-state index contributed by atoms with van der Waals surface area (Å²) in [6, 6.07) is 19.8. The number of unbranched alkanes of at least 4 members (excludes halogenated alkanes) is 2. The van der Waals surface area contributed by atoms with E-state index in [4.69, 9.17) is 16.3 Å². The molecule has 1 atom stereocenters. The molecular formula is C47H50ClN9O6. The Bertz CT molecular complexity index is 2530. The van der Waals surface area contributed by atoms with Gasteiger partial charge in [-0.05, 0) is 86.7 Å². The van der Waals surface area contributed by atoms with Gasteiger partial charge in [0.1, 0.15) is 35.3 Å². The number of ketones is 1. The summed E-state index contributed by atoms with van der Waals surface area (Å²) in [5, 5.41) is 6.78. The molecule has 6 heterocycles. The first-order valence-electron chi connectivity index (χ1n) is 21.9. The maximum Gasteiger partial charge on any atom is 0.255 e. The number of hydrogen-bond donors (Lipinski definition) is 3. The van der Waals surface area contributed by atoms with Gasteiger partial charge < -0.3 is 29.7 Å². The van der Waals surface area contributed by atoms with Crippen LogP contribution < -0.4 is 20.3 Å². The van der Waals surface area contributed by atoms with Crippen molar-refractivity contribution in [3.05, 3.63) is 107 Å². The number of aromatic amines is 1. The van der Waals surface area contributed by atoms with Gasteiger partial charge in [0.15, 0.2) is 5.78 Å². The topological polar surface area (TPSA) is 173 Å². The maximum absolute atomic E-state index is 13.8. The van der Waals surface area contributed by atoms with Crippen molar-refractivity contribution in [2.24, 2.45) is 0 Å². The van der Waals surface area contributed by atoms with E-state index in [-0.39, 0.29) is 41.0 Å². The molecule has 16 heteroatoms. The zero-order chi connectivity index (χ0) is 43.5. The molecule has 326 valence electrons. The second kappa shape index (κ2) is 18.6. The molecule has 0 bridgehead atoms. The summed E-state index contributed by atoms with van der Waals surface area (Å²) in [7, 11) is 0. The molecule has 4 aliphatic rings. The summed E-state index contributed by atoms with van der Waals surface area (Å²) >= 11 is 6.62. The molecule has 5 aromatic rings. The minimum absolute atomic E-state index is 0.0747. The molecule has 1 unspecified atom stereocenters. The van der Waals surface area contributed by atoms with Gasteiger partial charge in [-0.15, -0.1) is 0 Å². The molecule has 9 rings (SSSR count). The summed E-state index contributed by atoms with van der Waals surface area (Å²) in [6.45, 7) is 6.32. The lowest BCUT2D eigenvalue weighted by Gasteiger charge is -2.36. The van der Waals surface area contributed by atoms with E-state index in [0.29, 0.717) is 77.5 Å². The van der Waals surface area contributed by atoms with Crippen molar-refractivity contribution in [2.75, 3.05) is 56.0 Å². The number of hydrogen-bond acceptors (Lipinski definition) is 11. The predicted octanol–water partition coefficient (Wildman–Crippen LogP) is 6.18. The van der Waals surface area contributed by atoms with E-state index in [0.717, 1.165) is 76.1 Å². The van der Waals surface area contributed by atoms with Crippen molar-refractivity contribution >= 4 is 63.6 Å². The zero-order valence-electron chi connectivity index (χ0n) is 35.0. The molecule has 0 spiro atoms. The average Bonchev–Trinajstić information content (AvgIpc) is 3.88. The Morgan fingerprint density at radius 1 is 0.841 bits per heavy atom. The molecule has 63 heavy (non-hydrogen) atoms. The fraction of sp³-hybridized carbons (Fsp3) is 0.383. The SMILES string of the molecule is O=C1CCC(N2Cc3cc(N4CCN(CCCCCC(=O)N5CCC(Nc6ncnc7[nH]cc(C(=O)c8ccc(Oc9ccccc9)cc8Cl)c67)CC5)CC4)ccc3C2=O)C(=O)N1. The highest BCUT2D eigenvalue weighted by molar-refractivity contribution is 6.35. The molecule has 0 aliphatic carbocycles. The Labute approximate surface area is 370 Å². The fourth-order valence-electron chi connectivity index (χ4n) is 9.16. The van der Waals surface area contributed by atoms with Crippen LogP contribution in [0.5, 0.6) is 11.5 Å². The second-order valence-electron chi connectivity index (χ2n) is 16.7. The minimum atomic E-state index is -0.613. The van der Waals surface area contributed by atoms with E-state index in [1.54, 1.807) is 29.3 Å². The van der Waals surface area contributed by atoms with Crippen LogP contribution in [-0.4, -0.2) is 117 Å². The Morgan fingerprint density at radius 3 is 2.43 bits per heavy atom. The molecule has 0 saturated carbocycles. The first-order valence-corrected chi connectivity index (χ1v) is 22.2. The molecule has 4 amide bonds. The Balaban J connectivity index is 0.692. The summed E-state index contributed by atoms with van der Waals surface area (Å²) in [5.41, 5.74) is 3.93. The number of halogens is 1. The number of benzene rings is 3. The number of amides is 4. The van der Waals surface area contributed by atoms with E-state index in [1.807, 2.05) is 47.4 Å². The van der Waals surface area contributed by atoms with Crippen LogP contribution in [0.1, 0.15) is 83.2 Å². The normalized spacial score (nSPS) is 18.5. The van der Waals surface area contributed by atoms with Gasteiger partial charge in [0.25, 0.3) is 5.91 Å². The number of likely N-dealkylation sites (tertiary alicyclic amines) is 1. The molecule has 3 N–H and O–H groups in total. The Kier molecular flexibility index (Phi) is 12.4. The average molecular weight is 872 g/mol. The third kappa shape index (κ3) is 9.25. The molecule has 3 saturated heterocycles. The summed E-state index contributed by atoms with van der Waals surface area (Å²) in [5.74, 6) is 0.862. The van der Waals surface area contributed by atoms with Gasteiger partial charge in [-0.1, -0.05) is 36.2 Å². The number of imide groups is 1. The van der Waals surface area contributed by atoms with Crippen molar-refractivity contribution in [2.45, 2.75) is 70.0 Å². The number of piperidine rings is 2. The number of anilines is 2. The van der Waals surface area contributed by atoms with Crippen LogP contribution in [0.3, 0.4) is 0 Å². The number of ether oxygens (including phenoxy) is 1. The monoisotopic (exact) mass is 871 g/mol. The number of nitrogens with zero attached hydrogens (tertiary/aromatic N) is 6. The first kappa shape index (κ1) is 42.0. The molecule has 2 aromatic heterocycles. The number of para-hydroxylation sites is 1. The van der Waals surface area contributed by atoms with Crippen LogP contribution in [0.2, 0.25) is 5.02 Å². The van der Waals surface area contributed by atoms with Crippen LogP contribution >= 0.6 is 11.6 Å². The van der Waals surface area contributed by atoms with Gasteiger partial charge >= 0.3 is 0 Å². The third-order valence-corrected chi connectivity index (χ3v) is 13.0. The summed E-state index contributed by atoms with van der Waals surface area (Å²) in [4.78, 5) is 84.6. The molecule has 4 aliphatic heterocycles. The number of carbonyl (C=O) groups is 5.